The average molecular weight is 205 g/mol. The van der Waals surface area contributed by atoms with Crippen LogP contribution < -0.4 is 0 Å². The Morgan fingerprint density at radius 2 is 2.00 bits per heavy atom. The van der Waals surface area contributed by atoms with E-state index < -0.39 is 0 Å². The van der Waals surface area contributed by atoms with Crippen LogP contribution in [0.2, 0.25) is 0 Å². The van der Waals surface area contributed by atoms with Crippen molar-refractivity contribution in [3.63, 3.8) is 0 Å². The van der Waals surface area contributed by atoms with Gasteiger partial charge in [0.1, 0.15) is 0 Å². The van der Waals surface area contributed by atoms with Gasteiger partial charge in [-0.25, -0.2) is 0 Å². The number of aliphatic imine (C=N–C) groups is 1. The van der Waals surface area contributed by atoms with Gasteiger partial charge in [0.15, 0.2) is 0 Å². The van der Waals surface area contributed by atoms with Crippen molar-refractivity contribution in [1.82, 2.24) is 0 Å². The maximum Gasteiger partial charge on any atom is 0.0740 e. The van der Waals surface area contributed by atoms with E-state index >= 15 is 0 Å². The summed E-state index contributed by atoms with van der Waals surface area (Å²) in [6.07, 6.45) is 0. The van der Waals surface area contributed by atoms with E-state index in [1.807, 2.05) is 24.3 Å². The molecule has 1 rings (SSSR count). The van der Waals surface area contributed by atoms with Crippen LogP contribution in [0.5, 0.6) is 0 Å². The van der Waals surface area contributed by atoms with Crippen LogP contribution >= 0.6 is 24.8 Å². The van der Waals surface area contributed by atoms with E-state index in [0.29, 0.717) is 5.75 Å². The van der Waals surface area contributed by atoms with Gasteiger partial charge in [-0.05, 0) is 36.5 Å². The maximum absolute atomic E-state index is 4.48. The number of nitrogens with zero attached hydrogens (tertiary/aromatic N) is 1. The highest BCUT2D eigenvalue weighted by Gasteiger charge is 1.87. The molecule has 64 valence electrons. The zero-order chi connectivity index (χ0) is 9.52. The van der Waals surface area contributed by atoms with Crippen LogP contribution in [-0.2, 0) is 0 Å². The minimum absolute atomic E-state index is 0.569. The summed E-state index contributed by atoms with van der Waals surface area (Å²) >= 11 is 8.47. The first-order valence-electron chi connectivity index (χ1n) is 3.64. The van der Waals surface area contributed by atoms with Gasteiger partial charge in [0.05, 0.1) is 16.6 Å². The number of hydrogen-bond donors (Lipinski definition) is 1. The molecule has 0 aromatic heterocycles. The van der Waals surface area contributed by atoms with Gasteiger partial charge in [-0.3, -0.25) is 0 Å². The number of hydrogen-bond acceptors (Lipinski definition) is 3. The largest absolute Gasteiger partial charge is 0.195 e. The second kappa shape index (κ2) is 5.55. The molecule has 0 fully saturated rings. The van der Waals surface area contributed by atoms with Gasteiger partial charge in [0.2, 0.25) is 0 Å². The molecule has 1 aromatic rings. The molecule has 1 aromatic carbocycles. The SMILES string of the molecule is S=C=Nc1ccc(C#CCS)cc1. The van der Waals surface area contributed by atoms with E-state index in [1.54, 1.807) is 0 Å². The van der Waals surface area contributed by atoms with Crippen molar-refractivity contribution >= 4 is 35.7 Å². The second-order valence-corrected chi connectivity index (χ2v) is 2.71. The monoisotopic (exact) mass is 205 g/mol. The first kappa shape index (κ1) is 10.0. The van der Waals surface area contributed by atoms with Crippen molar-refractivity contribution in [3.05, 3.63) is 29.8 Å². The van der Waals surface area contributed by atoms with Crippen molar-refractivity contribution in [2.75, 3.05) is 5.75 Å². The Labute approximate surface area is 88.3 Å². The first-order valence-corrected chi connectivity index (χ1v) is 4.68. The van der Waals surface area contributed by atoms with Crippen LogP contribution in [0.4, 0.5) is 5.69 Å². The number of thiocarbonyl (C=S) groups is 1. The Balaban J connectivity index is 2.87. The standard InChI is InChI=1S/C10H7NS2/c12-7-1-2-9-3-5-10(6-4-9)11-8-13/h3-6,12H,7H2. The van der Waals surface area contributed by atoms with Crippen molar-refractivity contribution in [2.45, 2.75) is 0 Å². The minimum atomic E-state index is 0.569. The fourth-order valence-corrected chi connectivity index (χ4v) is 0.998. The topological polar surface area (TPSA) is 12.4 Å². The summed E-state index contributed by atoms with van der Waals surface area (Å²) in [7, 11) is 0. The fourth-order valence-electron chi connectivity index (χ4n) is 0.814. The minimum Gasteiger partial charge on any atom is -0.195 e. The molecular formula is C10H7NS2. The van der Waals surface area contributed by atoms with E-state index in [-0.39, 0.29) is 0 Å². The van der Waals surface area contributed by atoms with Gasteiger partial charge >= 0.3 is 0 Å². The molecule has 0 bridgehead atoms. The molecule has 0 saturated heterocycles. The normalized spacial score (nSPS) is 8.08. The third-order valence-electron chi connectivity index (χ3n) is 1.35. The average Bonchev–Trinajstić information content (AvgIpc) is 2.17. The van der Waals surface area contributed by atoms with E-state index in [1.165, 1.54) is 0 Å². The smallest absolute Gasteiger partial charge is 0.0740 e. The highest BCUT2D eigenvalue weighted by Crippen LogP contribution is 2.11. The summed E-state index contributed by atoms with van der Waals surface area (Å²) < 4.78 is 0. The summed E-state index contributed by atoms with van der Waals surface area (Å²) in [5, 5.41) is 2.31. The highest BCUT2D eigenvalue weighted by molar-refractivity contribution is 7.80. The molecule has 0 aliphatic heterocycles. The molecule has 0 aliphatic carbocycles. The Morgan fingerprint density at radius 1 is 1.31 bits per heavy atom. The van der Waals surface area contributed by atoms with Crippen LogP contribution in [0, 0.1) is 11.8 Å². The summed E-state index contributed by atoms with van der Waals surface area (Å²) in [4.78, 5) is 3.83. The maximum atomic E-state index is 4.48. The van der Waals surface area contributed by atoms with Crippen molar-refractivity contribution in [2.24, 2.45) is 4.99 Å². The Bertz CT molecular complexity index is 378. The van der Waals surface area contributed by atoms with Crippen molar-refractivity contribution < 1.29 is 0 Å². The van der Waals surface area contributed by atoms with Crippen LogP contribution in [0.3, 0.4) is 0 Å². The Morgan fingerprint density at radius 3 is 2.54 bits per heavy atom. The zero-order valence-corrected chi connectivity index (χ0v) is 8.53. The fraction of sp³-hybridized carbons (Fsp3) is 0.100. The summed E-state index contributed by atoms with van der Waals surface area (Å²) in [6.45, 7) is 0. The second-order valence-electron chi connectivity index (χ2n) is 2.21. The van der Waals surface area contributed by atoms with E-state index in [2.05, 4.69) is 46.8 Å². The van der Waals surface area contributed by atoms with E-state index in [9.17, 15) is 0 Å². The lowest BCUT2D eigenvalue weighted by Crippen LogP contribution is -1.72. The lowest BCUT2D eigenvalue weighted by atomic mass is 10.2. The predicted molar refractivity (Wildman–Crippen MR) is 61.9 cm³/mol. The van der Waals surface area contributed by atoms with Crippen molar-refractivity contribution in [3.8, 4) is 11.8 Å². The van der Waals surface area contributed by atoms with Gasteiger partial charge in [-0.2, -0.15) is 17.6 Å². The Kier molecular flexibility index (Phi) is 4.28. The summed E-state index contributed by atoms with van der Waals surface area (Å²) in [5.74, 6) is 6.38. The van der Waals surface area contributed by atoms with Gasteiger partial charge in [-0.1, -0.05) is 11.8 Å². The first-order chi connectivity index (χ1) is 6.36. The van der Waals surface area contributed by atoms with Crippen molar-refractivity contribution in [1.29, 1.82) is 0 Å². The van der Waals surface area contributed by atoms with Crippen LogP contribution in [0.25, 0.3) is 0 Å². The molecule has 0 amide bonds. The van der Waals surface area contributed by atoms with Gasteiger partial charge in [0.25, 0.3) is 0 Å². The zero-order valence-electron chi connectivity index (χ0n) is 6.82. The molecule has 1 nitrogen and oxygen atoms in total. The van der Waals surface area contributed by atoms with Gasteiger partial charge in [-0.15, -0.1) is 0 Å². The van der Waals surface area contributed by atoms with Crippen LogP contribution in [0.15, 0.2) is 29.3 Å². The molecule has 0 N–H and O–H groups in total. The summed E-state index contributed by atoms with van der Waals surface area (Å²) in [5.41, 5.74) is 1.75. The molecular weight excluding hydrogens is 198 g/mol. The lowest BCUT2D eigenvalue weighted by Gasteiger charge is -1.90. The molecule has 0 spiro atoms. The molecule has 13 heavy (non-hydrogen) atoms. The molecule has 0 unspecified atom stereocenters. The Hall–Kier alpha value is -1.07. The van der Waals surface area contributed by atoms with Crippen LogP contribution in [-0.4, -0.2) is 10.9 Å². The van der Waals surface area contributed by atoms with Crippen LogP contribution in [0.1, 0.15) is 5.56 Å². The molecule has 0 saturated carbocycles. The molecule has 0 atom stereocenters. The van der Waals surface area contributed by atoms with Gasteiger partial charge < -0.3 is 0 Å². The number of benzene rings is 1. The molecule has 0 radical (unpaired) electrons. The third-order valence-corrected chi connectivity index (χ3v) is 1.60. The van der Waals surface area contributed by atoms with Gasteiger partial charge in [0, 0.05) is 5.56 Å². The number of rotatable bonds is 1. The molecule has 3 heteroatoms. The highest BCUT2D eigenvalue weighted by atomic mass is 32.1. The molecule has 0 heterocycles. The van der Waals surface area contributed by atoms with E-state index in [0.717, 1.165) is 11.3 Å². The third kappa shape index (κ3) is 3.43. The number of isothiocyanates is 1. The summed E-state index contributed by atoms with van der Waals surface area (Å²) in [6, 6.07) is 7.48. The lowest BCUT2D eigenvalue weighted by molar-refractivity contribution is 1.53. The quantitative estimate of drug-likeness (QED) is 0.322. The van der Waals surface area contributed by atoms with E-state index in [4.69, 9.17) is 0 Å². The molecule has 0 aliphatic rings. The number of thiol groups is 1. The predicted octanol–water partition coefficient (Wildman–Crippen LogP) is 2.70.